The van der Waals surface area contributed by atoms with Crippen LogP contribution >= 0.6 is 0 Å². The maximum Gasteiger partial charge on any atom is 0.153 e. The van der Waals surface area contributed by atoms with Gasteiger partial charge in [-0.15, -0.1) is 0 Å². The molecule has 0 aliphatic heterocycles. The lowest BCUT2D eigenvalue weighted by atomic mass is 10.1. The van der Waals surface area contributed by atoms with Crippen molar-refractivity contribution in [3.05, 3.63) is 35.9 Å². The molecule has 0 aliphatic carbocycles. The minimum absolute atomic E-state index is 0.123. The number of ether oxygens (including phenoxy) is 2. The van der Waals surface area contributed by atoms with E-state index in [1.807, 2.05) is 30.3 Å². The lowest BCUT2D eigenvalue weighted by Crippen LogP contribution is -2.07. The zero-order valence-electron chi connectivity index (χ0n) is 7.47. The second-order valence-corrected chi connectivity index (χ2v) is 2.54. The third-order valence-corrected chi connectivity index (χ3v) is 1.62. The Hall–Kier alpha value is -1.19. The van der Waals surface area contributed by atoms with Crippen LogP contribution in [0.4, 0.5) is 0 Å². The molecule has 3 nitrogen and oxygen atoms in total. The molecule has 70 valence electrons. The van der Waals surface area contributed by atoms with Crippen molar-refractivity contribution in [3.63, 3.8) is 0 Å². The van der Waals surface area contributed by atoms with Crippen LogP contribution in [0.15, 0.2) is 30.3 Å². The van der Waals surface area contributed by atoms with Gasteiger partial charge in [0.1, 0.15) is 12.9 Å². The molecule has 0 saturated carbocycles. The maximum atomic E-state index is 10.6. The van der Waals surface area contributed by atoms with Crippen LogP contribution in [0.3, 0.4) is 0 Å². The molecule has 0 radical (unpaired) electrons. The van der Waals surface area contributed by atoms with Gasteiger partial charge in [0.2, 0.25) is 0 Å². The lowest BCUT2D eigenvalue weighted by Gasteiger charge is -2.10. The largest absolute Gasteiger partial charge is 0.359 e. The molecule has 1 atom stereocenters. The zero-order chi connectivity index (χ0) is 9.52. The van der Waals surface area contributed by atoms with Crippen LogP contribution in [-0.2, 0) is 14.3 Å². The molecular formula is C10H12O3. The number of carbonyl (C=O) groups excluding carboxylic acids is 1. The van der Waals surface area contributed by atoms with E-state index in [4.69, 9.17) is 9.47 Å². The molecule has 13 heavy (non-hydrogen) atoms. The van der Waals surface area contributed by atoms with Gasteiger partial charge in [-0.2, -0.15) is 0 Å². The lowest BCUT2D eigenvalue weighted by molar-refractivity contribution is -0.128. The highest BCUT2D eigenvalue weighted by Crippen LogP contribution is 2.13. The molecule has 0 aromatic heterocycles. The van der Waals surface area contributed by atoms with E-state index in [0.717, 1.165) is 11.8 Å². The van der Waals surface area contributed by atoms with Crippen LogP contribution in [0, 0.1) is 0 Å². The summed E-state index contributed by atoms with van der Waals surface area (Å²) in [6.07, 6.45) is 0.232. The van der Waals surface area contributed by atoms with Gasteiger partial charge < -0.3 is 14.3 Å². The first kappa shape index (κ1) is 9.89. The van der Waals surface area contributed by atoms with Crippen LogP contribution in [0.25, 0.3) is 0 Å². The molecule has 1 unspecified atom stereocenters. The molecule has 1 aromatic rings. The molecule has 0 fully saturated rings. The first-order chi connectivity index (χ1) is 6.38. The van der Waals surface area contributed by atoms with Gasteiger partial charge in [0.25, 0.3) is 0 Å². The highest BCUT2D eigenvalue weighted by atomic mass is 16.7. The number of rotatable bonds is 5. The SMILES string of the molecule is COCOC(C=O)c1ccccc1. The summed E-state index contributed by atoms with van der Waals surface area (Å²) in [7, 11) is 1.52. The standard InChI is InChI=1S/C10H12O3/c1-12-8-13-10(7-11)9-5-3-2-4-6-9/h2-7,10H,8H2,1H3. The molecule has 0 spiro atoms. The third kappa shape index (κ3) is 2.97. The molecule has 1 aromatic carbocycles. The summed E-state index contributed by atoms with van der Waals surface area (Å²) in [5.41, 5.74) is 0.842. The van der Waals surface area contributed by atoms with Crippen molar-refractivity contribution in [2.24, 2.45) is 0 Å². The topological polar surface area (TPSA) is 35.5 Å². The summed E-state index contributed by atoms with van der Waals surface area (Å²) in [5.74, 6) is 0. The van der Waals surface area contributed by atoms with Gasteiger partial charge in [-0.25, -0.2) is 0 Å². The molecule has 0 saturated heterocycles. The third-order valence-electron chi connectivity index (χ3n) is 1.62. The molecule has 3 heteroatoms. The van der Waals surface area contributed by atoms with Crippen molar-refractivity contribution in [2.45, 2.75) is 6.10 Å². The van der Waals surface area contributed by atoms with Crippen LogP contribution in [0.5, 0.6) is 0 Å². The molecular weight excluding hydrogens is 168 g/mol. The van der Waals surface area contributed by atoms with E-state index in [9.17, 15) is 4.79 Å². The predicted octanol–water partition coefficient (Wildman–Crippen LogP) is 1.55. The second kappa shape index (κ2) is 5.45. The van der Waals surface area contributed by atoms with Crippen LogP contribution < -0.4 is 0 Å². The second-order valence-electron chi connectivity index (χ2n) is 2.54. The Bertz CT molecular complexity index is 246. The molecule has 0 N–H and O–H groups in total. The van der Waals surface area contributed by atoms with E-state index in [1.54, 1.807) is 0 Å². The van der Waals surface area contributed by atoms with Crippen molar-refractivity contribution in [3.8, 4) is 0 Å². The van der Waals surface area contributed by atoms with Gasteiger partial charge in [0.15, 0.2) is 6.29 Å². The molecule has 1 rings (SSSR count). The summed E-state index contributed by atoms with van der Waals surface area (Å²) in [6, 6.07) is 9.30. The number of hydrogen-bond donors (Lipinski definition) is 0. The minimum Gasteiger partial charge on any atom is -0.359 e. The number of benzene rings is 1. The fraction of sp³-hybridized carbons (Fsp3) is 0.300. The number of aldehydes is 1. The first-order valence-electron chi connectivity index (χ1n) is 3.99. The Kier molecular flexibility index (Phi) is 4.15. The fourth-order valence-electron chi connectivity index (χ4n) is 0.998. The average molecular weight is 180 g/mol. The van der Waals surface area contributed by atoms with Crippen molar-refractivity contribution < 1.29 is 14.3 Å². The summed E-state index contributed by atoms with van der Waals surface area (Å²) in [5, 5.41) is 0. The van der Waals surface area contributed by atoms with Crippen molar-refractivity contribution in [1.82, 2.24) is 0 Å². The van der Waals surface area contributed by atoms with E-state index in [-0.39, 0.29) is 6.79 Å². The summed E-state index contributed by atoms with van der Waals surface area (Å²) in [6.45, 7) is 0.123. The van der Waals surface area contributed by atoms with Crippen molar-refractivity contribution >= 4 is 6.29 Å². The van der Waals surface area contributed by atoms with Crippen molar-refractivity contribution in [1.29, 1.82) is 0 Å². The maximum absolute atomic E-state index is 10.6. The smallest absolute Gasteiger partial charge is 0.153 e. The normalized spacial score (nSPS) is 12.4. The Morgan fingerprint density at radius 3 is 2.62 bits per heavy atom. The van der Waals surface area contributed by atoms with E-state index in [0.29, 0.717) is 0 Å². The van der Waals surface area contributed by atoms with Crippen molar-refractivity contribution in [2.75, 3.05) is 13.9 Å². The average Bonchev–Trinajstić information content (AvgIpc) is 2.21. The Labute approximate surface area is 77.3 Å². The van der Waals surface area contributed by atoms with E-state index in [1.165, 1.54) is 7.11 Å². The number of carbonyl (C=O) groups is 1. The highest BCUT2D eigenvalue weighted by Gasteiger charge is 2.08. The van der Waals surface area contributed by atoms with Crippen LogP contribution in [-0.4, -0.2) is 20.2 Å². The summed E-state index contributed by atoms with van der Waals surface area (Å²) in [4.78, 5) is 10.6. The molecule has 0 amide bonds. The fourth-order valence-corrected chi connectivity index (χ4v) is 0.998. The molecule has 0 aliphatic rings. The zero-order valence-corrected chi connectivity index (χ0v) is 7.47. The van der Waals surface area contributed by atoms with E-state index >= 15 is 0 Å². The quantitative estimate of drug-likeness (QED) is 0.509. The van der Waals surface area contributed by atoms with E-state index in [2.05, 4.69) is 0 Å². The highest BCUT2D eigenvalue weighted by molar-refractivity contribution is 5.59. The first-order valence-corrected chi connectivity index (χ1v) is 3.99. The van der Waals surface area contributed by atoms with Gasteiger partial charge >= 0.3 is 0 Å². The Morgan fingerprint density at radius 2 is 2.08 bits per heavy atom. The Balaban J connectivity index is 2.61. The van der Waals surface area contributed by atoms with E-state index < -0.39 is 6.10 Å². The predicted molar refractivity (Wildman–Crippen MR) is 48.2 cm³/mol. The van der Waals surface area contributed by atoms with Gasteiger partial charge in [-0.1, -0.05) is 30.3 Å². The van der Waals surface area contributed by atoms with Gasteiger partial charge in [0, 0.05) is 7.11 Å². The van der Waals surface area contributed by atoms with Gasteiger partial charge in [-0.05, 0) is 5.56 Å². The summed E-state index contributed by atoms with van der Waals surface area (Å²) >= 11 is 0. The molecule has 0 bridgehead atoms. The monoisotopic (exact) mass is 180 g/mol. The Morgan fingerprint density at radius 1 is 1.38 bits per heavy atom. The summed E-state index contributed by atoms with van der Waals surface area (Å²) < 4.78 is 9.85. The van der Waals surface area contributed by atoms with Crippen LogP contribution in [0.1, 0.15) is 11.7 Å². The van der Waals surface area contributed by atoms with Gasteiger partial charge in [-0.3, -0.25) is 0 Å². The minimum atomic E-state index is -0.527. The molecule has 0 heterocycles. The number of hydrogen-bond acceptors (Lipinski definition) is 3. The van der Waals surface area contributed by atoms with Gasteiger partial charge in [0.05, 0.1) is 0 Å². The number of methoxy groups -OCH3 is 1. The van der Waals surface area contributed by atoms with Crippen LogP contribution in [0.2, 0.25) is 0 Å².